The maximum absolute atomic E-state index is 13.6. The summed E-state index contributed by atoms with van der Waals surface area (Å²) in [4.78, 5) is 18.9. The van der Waals surface area contributed by atoms with Crippen molar-refractivity contribution in [3.8, 4) is 0 Å². The van der Waals surface area contributed by atoms with Crippen molar-refractivity contribution >= 4 is 45.3 Å². The van der Waals surface area contributed by atoms with Crippen LogP contribution < -0.4 is 9.91 Å². The van der Waals surface area contributed by atoms with Crippen LogP contribution >= 0.6 is 0 Å². The topological polar surface area (TPSA) is 48.8 Å². The Morgan fingerprint density at radius 2 is 1.48 bits per heavy atom. The molecule has 7 heteroatoms. The molecular formula is C24H16F2N4O. The number of hydrogen-bond acceptors (Lipinski definition) is 5. The Hall–Kier alpha value is -4.13. The van der Waals surface area contributed by atoms with Crippen molar-refractivity contribution < 1.29 is 13.6 Å². The van der Waals surface area contributed by atoms with Gasteiger partial charge in [-0.05, 0) is 60.7 Å². The summed E-state index contributed by atoms with van der Waals surface area (Å²) < 4.78 is 27.1. The van der Waals surface area contributed by atoms with Gasteiger partial charge in [-0.15, -0.1) is 5.10 Å². The van der Waals surface area contributed by atoms with Gasteiger partial charge in [-0.2, -0.15) is 0 Å². The van der Waals surface area contributed by atoms with Crippen LogP contribution in [0.25, 0.3) is 10.9 Å². The fourth-order valence-corrected chi connectivity index (χ4v) is 3.66. The zero-order valence-corrected chi connectivity index (χ0v) is 16.5. The summed E-state index contributed by atoms with van der Waals surface area (Å²) in [5.74, 6) is -0.896. The molecule has 0 unspecified atom stereocenters. The summed E-state index contributed by atoms with van der Waals surface area (Å²) >= 11 is 0. The van der Waals surface area contributed by atoms with E-state index in [0.717, 1.165) is 5.39 Å². The minimum Gasteiger partial charge on any atom is -0.291 e. The van der Waals surface area contributed by atoms with E-state index in [1.165, 1.54) is 31.2 Å². The van der Waals surface area contributed by atoms with E-state index in [0.29, 0.717) is 28.3 Å². The Morgan fingerprint density at radius 3 is 2.13 bits per heavy atom. The molecule has 1 aromatic heterocycles. The molecule has 0 atom stereocenters. The summed E-state index contributed by atoms with van der Waals surface area (Å²) in [6, 6.07) is 19.2. The van der Waals surface area contributed by atoms with E-state index in [1.807, 2.05) is 24.3 Å². The second kappa shape index (κ2) is 7.28. The fraction of sp³-hybridized carbons (Fsp3) is 0.0417. The van der Waals surface area contributed by atoms with Crippen LogP contribution in [-0.2, 0) is 4.79 Å². The molecule has 0 fully saturated rings. The lowest BCUT2D eigenvalue weighted by Gasteiger charge is -2.36. The summed E-state index contributed by atoms with van der Waals surface area (Å²) in [7, 11) is 0. The van der Waals surface area contributed by atoms with Crippen LogP contribution in [-0.4, -0.2) is 16.6 Å². The smallest absolute Gasteiger partial charge is 0.201 e. The zero-order valence-electron chi connectivity index (χ0n) is 16.5. The van der Waals surface area contributed by atoms with Crippen LogP contribution in [0.5, 0.6) is 0 Å². The van der Waals surface area contributed by atoms with Gasteiger partial charge in [-0.1, -0.05) is 12.1 Å². The van der Waals surface area contributed by atoms with E-state index >= 15 is 0 Å². The third-order valence-electron chi connectivity index (χ3n) is 5.06. The molecule has 0 saturated carbocycles. The molecule has 0 N–H and O–H groups in total. The van der Waals surface area contributed by atoms with Gasteiger partial charge < -0.3 is 0 Å². The molecule has 0 amide bonds. The molecule has 2 heterocycles. The number of rotatable bonds is 3. The molecule has 0 saturated heterocycles. The average molecular weight is 414 g/mol. The lowest BCUT2D eigenvalue weighted by atomic mass is 10.1. The number of Topliss-reactive ketones (excluding diaryl/α,β-unsaturated/α-hetero) is 1. The highest BCUT2D eigenvalue weighted by Gasteiger charge is 2.32. The lowest BCUT2D eigenvalue weighted by molar-refractivity contribution is -0.111. The Labute approximate surface area is 176 Å². The zero-order chi connectivity index (χ0) is 21.5. The highest BCUT2D eigenvalue weighted by molar-refractivity contribution is 6.46. The number of pyridine rings is 1. The largest absolute Gasteiger partial charge is 0.291 e. The molecule has 1 aliphatic heterocycles. The standard InChI is InChI=1S/C24H16F2N4O/c1-15(31)24-28-30(20-11-7-18(26)8-12-20)21-13-4-16-3-2-14-27-22(16)23(21)29(24)19-9-5-17(25)6-10-19/h2-14H,1H3. The highest BCUT2D eigenvalue weighted by Crippen LogP contribution is 2.45. The van der Waals surface area contributed by atoms with Gasteiger partial charge in [0.1, 0.15) is 11.6 Å². The molecule has 5 rings (SSSR count). The third-order valence-corrected chi connectivity index (χ3v) is 5.06. The summed E-state index contributed by atoms with van der Waals surface area (Å²) in [5, 5.41) is 7.06. The number of hydrazone groups is 1. The molecule has 0 aliphatic carbocycles. The lowest BCUT2D eigenvalue weighted by Crippen LogP contribution is -2.38. The molecule has 1 aliphatic rings. The van der Waals surface area contributed by atoms with Gasteiger partial charge in [-0.3, -0.25) is 14.7 Å². The molecular weight excluding hydrogens is 398 g/mol. The van der Waals surface area contributed by atoms with E-state index in [4.69, 9.17) is 0 Å². The number of fused-ring (bicyclic) bond motifs is 3. The molecule has 0 spiro atoms. The van der Waals surface area contributed by atoms with Gasteiger partial charge in [0, 0.05) is 24.2 Å². The number of hydrogen-bond donors (Lipinski definition) is 0. The van der Waals surface area contributed by atoms with Crippen LogP contribution in [0, 0.1) is 11.6 Å². The molecule has 31 heavy (non-hydrogen) atoms. The predicted molar refractivity (Wildman–Crippen MR) is 117 cm³/mol. The van der Waals surface area contributed by atoms with Crippen LogP contribution in [0.15, 0.2) is 84.1 Å². The summed E-state index contributed by atoms with van der Waals surface area (Å²) in [6.45, 7) is 1.42. The highest BCUT2D eigenvalue weighted by atomic mass is 19.1. The Morgan fingerprint density at radius 1 is 0.839 bits per heavy atom. The van der Waals surface area contributed by atoms with Crippen LogP contribution in [0.1, 0.15) is 6.92 Å². The van der Waals surface area contributed by atoms with E-state index in [1.54, 1.807) is 40.4 Å². The first kappa shape index (κ1) is 18.9. The molecule has 5 nitrogen and oxygen atoms in total. The first-order chi connectivity index (χ1) is 15.0. The first-order valence-electron chi connectivity index (χ1n) is 9.61. The van der Waals surface area contributed by atoms with Gasteiger partial charge >= 0.3 is 0 Å². The predicted octanol–water partition coefficient (Wildman–Crippen LogP) is 5.71. The number of nitrogens with zero attached hydrogens (tertiary/aromatic N) is 4. The van der Waals surface area contributed by atoms with E-state index in [2.05, 4.69) is 10.1 Å². The number of aromatic nitrogens is 1. The number of halogens is 2. The third kappa shape index (κ3) is 3.20. The van der Waals surface area contributed by atoms with Gasteiger partial charge in [0.25, 0.3) is 0 Å². The average Bonchev–Trinajstić information content (AvgIpc) is 2.79. The molecule has 152 valence electrons. The minimum absolute atomic E-state index is 0.140. The molecule has 0 bridgehead atoms. The monoisotopic (exact) mass is 414 g/mol. The van der Waals surface area contributed by atoms with Gasteiger partial charge in [-0.25, -0.2) is 13.8 Å². The van der Waals surface area contributed by atoms with Crippen molar-refractivity contribution in [1.29, 1.82) is 0 Å². The second-order valence-electron chi connectivity index (χ2n) is 7.09. The van der Waals surface area contributed by atoms with Gasteiger partial charge in [0.05, 0.1) is 22.6 Å². The number of carbonyl (C=O) groups excluding carboxylic acids is 1. The van der Waals surface area contributed by atoms with Crippen molar-refractivity contribution in [3.63, 3.8) is 0 Å². The molecule has 4 aromatic rings. The van der Waals surface area contributed by atoms with E-state index < -0.39 is 0 Å². The maximum atomic E-state index is 13.6. The van der Waals surface area contributed by atoms with Crippen molar-refractivity contribution in [2.75, 3.05) is 9.91 Å². The number of benzene rings is 3. The summed E-state index contributed by atoms with van der Waals surface area (Å²) in [6.07, 6.45) is 1.67. The minimum atomic E-state index is -0.383. The van der Waals surface area contributed by atoms with Gasteiger partial charge in [0.2, 0.25) is 5.84 Å². The van der Waals surface area contributed by atoms with Crippen LogP contribution in [0.4, 0.5) is 31.5 Å². The normalized spacial score (nSPS) is 13.2. The fourth-order valence-electron chi connectivity index (χ4n) is 3.66. The van der Waals surface area contributed by atoms with Crippen molar-refractivity contribution in [2.24, 2.45) is 5.10 Å². The summed E-state index contributed by atoms with van der Waals surface area (Å²) in [5.41, 5.74) is 3.12. The Balaban J connectivity index is 1.83. The van der Waals surface area contributed by atoms with Crippen molar-refractivity contribution in [3.05, 3.63) is 90.6 Å². The van der Waals surface area contributed by atoms with E-state index in [9.17, 15) is 13.6 Å². The maximum Gasteiger partial charge on any atom is 0.201 e. The van der Waals surface area contributed by atoms with E-state index in [-0.39, 0.29) is 23.3 Å². The number of amidine groups is 1. The Bertz CT molecular complexity index is 1330. The van der Waals surface area contributed by atoms with Crippen LogP contribution in [0.3, 0.4) is 0 Å². The Kier molecular flexibility index (Phi) is 4.43. The number of carbonyl (C=O) groups is 1. The first-order valence-corrected chi connectivity index (χ1v) is 9.61. The van der Waals surface area contributed by atoms with Crippen molar-refractivity contribution in [1.82, 2.24) is 4.98 Å². The second-order valence-corrected chi connectivity index (χ2v) is 7.09. The molecule has 0 radical (unpaired) electrons. The number of ketones is 1. The molecule has 3 aromatic carbocycles. The SMILES string of the molecule is CC(=O)C1=NN(c2ccc(F)cc2)c2ccc3cccnc3c2N1c1ccc(F)cc1. The van der Waals surface area contributed by atoms with Crippen LogP contribution in [0.2, 0.25) is 0 Å². The number of anilines is 4. The quantitative estimate of drug-likeness (QED) is 0.431. The van der Waals surface area contributed by atoms with Gasteiger partial charge in [0.15, 0.2) is 5.78 Å². The van der Waals surface area contributed by atoms with Crippen molar-refractivity contribution in [2.45, 2.75) is 6.92 Å².